The van der Waals surface area contributed by atoms with Crippen LogP contribution in [-0.4, -0.2) is 29.7 Å². The van der Waals surface area contributed by atoms with Gasteiger partial charge in [-0.05, 0) is 60.2 Å². The maximum Gasteiger partial charge on any atom is 0.251 e. The molecule has 0 spiro atoms. The number of methoxy groups -OCH3 is 2. The van der Waals surface area contributed by atoms with Crippen LogP contribution >= 0.6 is 11.3 Å². The number of amides is 1. The Balaban J connectivity index is 1.21. The summed E-state index contributed by atoms with van der Waals surface area (Å²) in [6, 6.07) is 25.4. The van der Waals surface area contributed by atoms with Crippen molar-refractivity contribution in [2.24, 2.45) is 0 Å². The van der Waals surface area contributed by atoms with Gasteiger partial charge in [-0.1, -0.05) is 24.3 Å². The first-order chi connectivity index (χ1) is 17.6. The number of ether oxygens (including phenoxy) is 2. The van der Waals surface area contributed by atoms with Crippen molar-refractivity contribution in [2.45, 2.75) is 6.54 Å². The molecule has 0 aliphatic rings. The average Bonchev–Trinajstić information content (AvgIpc) is 3.65. The first-order valence-electron chi connectivity index (χ1n) is 11.4. The number of hydrogen-bond donors (Lipinski definition) is 1. The maximum atomic E-state index is 12.6. The van der Waals surface area contributed by atoms with Crippen molar-refractivity contribution < 1.29 is 14.3 Å². The molecule has 180 valence electrons. The predicted octanol–water partition coefficient (Wildman–Crippen LogP) is 6.22. The molecule has 5 aromatic rings. The summed E-state index contributed by atoms with van der Waals surface area (Å²) < 4.78 is 12.7. The molecule has 2 heterocycles. The summed E-state index contributed by atoms with van der Waals surface area (Å²) in [6.07, 6.45) is 3.95. The molecule has 0 atom stereocenters. The third kappa shape index (κ3) is 5.01. The molecule has 0 aliphatic carbocycles. The van der Waals surface area contributed by atoms with Crippen LogP contribution in [-0.2, 0) is 6.54 Å². The first kappa shape index (κ1) is 23.4. The summed E-state index contributed by atoms with van der Waals surface area (Å²) >= 11 is 1.59. The molecule has 0 saturated carbocycles. The van der Waals surface area contributed by atoms with Crippen molar-refractivity contribution >= 4 is 17.2 Å². The lowest BCUT2D eigenvalue weighted by Gasteiger charge is -2.08. The van der Waals surface area contributed by atoms with Gasteiger partial charge in [0, 0.05) is 46.7 Å². The predicted molar refractivity (Wildman–Crippen MR) is 143 cm³/mol. The van der Waals surface area contributed by atoms with Crippen LogP contribution in [0.1, 0.15) is 15.9 Å². The molecule has 0 radical (unpaired) electrons. The maximum absolute atomic E-state index is 12.6. The lowest BCUT2D eigenvalue weighted by atomic mass is 10.1. The molecule has 0 saturated heterocycles. The smallest absolute Gasteiger partial charge is 0.251 e. The summed E-state index contributed by atoms with van der Waals surface area (Å²) in [5.41, 5.74) is 5.55. The van der Waals surface area contributed by atoms with E-state index in [2.05, 4.69) is 5.32 Å². The van der Waals surface area contributed by atoms with Gasteiger partial charge in [-0.3, -0.25) is 4.79 Å². The summed E-state index contributed by atoms with van der Waals surface area (Å²) in [6.45, 7) is 0.452. The Morgan fingerprint density at radius 2 is 1.58 bits per heavy atom. The number of nitrogens with one attached hydrogen (secondary N) is 1. The minimum absolute atomic E-state index is 0.0994. The van der Waals surface area contributed by atoms with Gasteiger partial charge in [0.25, 0.3) is 5.91 Å². The average molecular weight is 496 g/mol. The Kier molecular flexibility index (Phi) is 6.82. The van der Waals surface area contributed by atoms with Crippen LogP contribution in [0.4, 0.5) is 0 Å². The van der Waals surface area contributed by atoms with Gasteiger partial charge in [0.2, 0.25) is 0 Å². The highest BCUT2D eigenvalue weighted by Gasteiger charge is 2.11. The number of rotatable bonds is 8. The zero-order chi connectivity index (χ0) is 24.9. The number of thiazole rings is 1. The third-order valence-electron chi connectivity index (χ3n) is 5.87. The number of carbonyl (C=O) groups is 1. The van der Waals surface area contributed by atoms with E-state index in [1.54, 1.807) is 25.6 Å². The van der Waals surface area contributed by atoms with E-state index in [4.69, 9.17) is 14.5 Å². The van der Waals surface area contributed by atoms with Crippen LogP contribution in [0.15, 0.2) is 96.6 Å². The quantitative estimate of drug-likeness (QED) is 0.278. The minimum atomic E-state index is -0.0994. The summed E-state index contributed by atoms with van der Waals surface area (Å²) in [5, 5.41) is 5.96. The largest absolute Gasteiger partial charge is 0.493 e. The molecular weight excluding hydrogens is 470 g/mol. The molecular formula is C29H25N3O3S. The van der Waals surface area contributed by atoms with Crippen LogP contribution in [0.2, 0.25) is 0 Å². The van der Waals surface area contributed by atoms with Crippen LogP contribution < -0.4 is 14.8 Å². The summed E-state index contributed by atoms with van der Waals surface area (Å²) in [5.74, 6) is 1.26. The number of nitrogens with zero attached hydrogens (tertiary/aromatic N) is 2. The van der Waals surface area contributed by atoms with Gasteiger partial charge in [-0.2, -0.15) is 0 Å². The zero-order valence-corrected chi connectivity index (χ0v) is 20.8. The van der Waals surface area contributed by atoms with Crippen LogP contribution in [0.25, 0.3) is 27.5 Å². The molecule has 1 amide bonds. The van der Waals surface area contributed by atoms with Crippen LogP contribution in [0.3, 0.4) is 0 Å². The van der Waals surface area contributed by atoms with Crippen molar-refractivity contribution in [3.63, 3.8) is 0 Å². The molecule has 6 nitrogen and oxygen atoms in total. The first-order valence-corrected chi connectivity index (χ1v) is 12.3. The molecule has 1 N–H and O–H groups in total. The summed E-state index contributed by atoms with van der Waals surface area (Å²) in [7, 11) is 3.24. The Hall–Kier alpha value is -4.36. The molecule has 0 fully saturated rings. The Morgan fingerprint density at radius 1 is 0.889 bits per heavy atom. The molecule has 5 rings (SSSR count). The van der Waals surface area contributed by atoms with E-state index in [1.807, 2.05) is 101 Å². The highest BCUT2D eigenvalue weighted by molar-refractivity contribution is 7.13. The van der Waals surface area contributed by atoms with Crippen LogP contribution in [0.5, 0.6) is 11.5 Å². The summed E-state index contributed by atoms with van der Waals surface area (Å²) in [4.78, 5) is 17.4. The van der Waals surface area contributed by atoms with Crippen molar-refractivity contribution in [1.82, 2.24) is 14.9 Å². The topological polar surface area (TPSA) is 65.4 Å². The van der Waals surface area contributed by atoms with E-state index in [0.29, 0.717) is 23.6 Å². The van der Waals surface area contributed by atoms with Gasteiger partial charge >= 0.3 is 0 Å². The Labute approximate surface area is 213 Å². The highest BCUT2D eigenvalue weighted by Crippen LogP contribution is 2.34. The molecule has 3 aromatic carbocycles. The van der Waals surface area contributed by atoms with Gasteiger partial charge in [0.15, 0.2) is 11.5 Å². The molecule has 0 aliphatic heterocycles. The van der Waals surface area contributed by atoms with E-state index in [-0.39, 0.29) is 5.91 Å². The van der Waals surface area contributed by atoms with Gasteiger partial charge in [-0.25, -0.2) is 4.98 Å². The highest BCUT2D eigenvalue weighted by atomic mass is 32.1. The monoisotopic (exact) mass is 495 g/mol. The van der Waals surface area contributed by atoms with Crippen molar-refractivity contribution in [2.75, 3.05) is 14.2 Å². The molecule has 7 heteroatoms. The number of benzene rings is 3. The molecule has 2 aromatic heterocycles. The van der Waals surface area contributed by atoms with Crippen molar-refractivity contribution in [3.8, 4) is 39.0 Å². The second-order valence-electron chi connectivity index (χ2n) is 8.12. The molecule has 0 unspecified atom stereocenters. The van der Waals surface area contributed by atoms with Gasteiger partial charge in [-0.15, -0.1) is 11.3 Å². The van der Waals surface area contributed by atoms with E-state index in [1.165, 1.54) is 0 Å². The fourth-order valence-electron chi connectivity index (χ4n) is 3.88. The SMILES string of the molecule is COc1ccc(-c2csc(-c3ccc(CNC(=O)c4ccc(-n5cccc5)cc4)cc3)n2)cc1OC. The molecule has 36 heavy (non-hydrogen) atoms. The normalized spacial score (nSPS) is 10.7. The lowest BCUT2D eigenvalue weighted by Crippen LogP contribution is -2.22. The van der Waals surface area contributed by atoms with E-state index >= 15 is 0 Å². The zero-order valence-electron chi connectivity index (χ0n) is 20.0. The number of hydrogen-bond acceptors (Lipinski definition) is 5. The van der Waals surface area contributed by atoms with E-state index in [9.17, 15) is 4.79 Å². The molecule has 0 bridgehead atoms. The van der Waals surface area contributed by atoms with Crippen LogP contribution in [0, 0.1) is 0 Å². The third-order valence-corrected chi connectivity index (χ3v) is 6.76. The van der Waals surface area contributed by atoms with Gasteiger partial charge in [0.05, 0.1) is 19.9 Å². The minimum Gasteiger partial charge on any atom is -0.493 e. The van der Waals surface area contributed by atoms with Crippen molar-refractivity contribution in [3.05, 3.63) is 108 Å². The van der Waals surface area contributed by atoms with Gasteiger partial charge < -0.3 is 19.4 Å². The van der Waals surface area contributed by atoms with E-state index in [0.717, 1.165) is 33.1 Å². The van der Waals surface area contributed by atoms with Crippen molar-refractivity contribution in [1.29, 1.82) is 0 Å². The second-order valence-corrected chi connectivity index (χ2v) is 8.98. The number of carbonyl (C=O) groups excluding carboxylic acids is 1. The fraction of sp³-hybridized carbons (Fsp3) is 0.103. The Morgan fingerprint density at radius 3 is 2.28 bits per heavy atom. The van der Waals surface area contributed by atoms with Gasteiger partial charge in [0.1, 0.15) is 5.01 Å². The fourth-order valence-corrected chi connectivity index (χ4v) is 4.71. The second kappa shape index (κ2) is 10.5. The standard InChI is InChI=1S/C29H25N3O3S/c1-34-26-14-11-23(17-27(26)35-2)25-19-36-29(31-25)22-7-5-20(6-8-22)18-30-28(33)21-9-12-24(13-10-21)32-15-3-4-16-32/h3-17,19H,18H2,1-2H3,(H,30,33). The van der Waals surface area contributed by atoms with E-state index < -0.39 is 0 Å². The Bertz CT molecular complexity index is 1460. The lowest BCUT2D eigenvalue weighted by molar-refractivity contribution is 0.0951. The number of aromatic nitrogens is 2.